The van der Waals surface area contributed by atoms with Crippen molar-refractivity contribution in [3.8, 4) is 0 Å². The molecule has 0 aromatic heterocycles. The van der Waals surface area contributed by atoms with Crippen molar-refractivity contribution >= 4 is 21.4 Å². The van der Waals surface area contributed by atoms with Gasteiger partial charge in [0.2, 0.25) is 10.0 Å². The van der Waals surface area contributed by atoms with E-state index in [1.807, 2.05) is 0 Å². The van der Waals surface area contributed by atoms with Crippen LogP contribution in [0.5, 0.6) is 0 Å². The molecule has 1 aromatic rings. The quantitative estimate of drug-likeness (QED) is 0.574. The van der Waals surface area contributed by atoms with E-state index < -0.39 is 15.6 Å². The Bertz CT molecular complexity index is 620. The summed E-state index contributed by atoms with van der Waals surface area (Å²) in [7, 11) is -2.19. The summed E-state index contributed by atoms with van der Waals surface area (Å²) in [6, 6.07) is 4.40. The monoisotopic (exact) mass is 315 g/mol. The Morgan fingerprint density at radius 3 is 2.81 bits per heavy atom. The van der Waals surface area contributed by atoms with Crippen LogP contribution in [0.25, 0.3) is 0 Å². The Balaban J connectivity index is 2.19. The van der Waals surface area contributed by atoms with Gasteiger partial charge in [0.15, 0.2) is 0 Å². The molecular formula is C13H21N3O4S. The molecule has 21 heavy (non-hydrogen) atoms. The molecule has 0 radical (unpaired) electrons. The highest BCUT2D eigenvalue weighted by Crippen LogP contribution is 2.28. The van der Waals surface area contributed by atoms with Crippen LogP contribution in [0.15, 0.2) is 23.1 Å². The van der Waals surface area contributed by atoms with Crippen LogP contribution in [0.2, 0.25) is 0 Å². The van der Waals surface area contributed by atoms with Crippen molar-refractivity contribution in [2.75, 3.05) is 31.2 Å². The van der Waals surface area contributed by atoms with Crippen LogP contribution in [0, 0.1) is 0 Å². The van der Waals surface area contributed by atoms with E-state index in [0.29, 0.717) is 24.4 Å². The Morgan fingerprint density at radius 1 is 1.52 bits per heavy atom. The number of nitrogens with two attached hydrogens (primary N) is 1. The molecule has 1 aliphatic heterocycles. The molecule has 1 heterocycles. The minimum atomic E-state index is -3.53. The molecule has 0 spiro atoms. The first-order valence-corrected chi connectivity index (χ1v) is 8.18. The molecule has 0 amide bonds. The van der Waals surface area contributed by atoms with E-state index in [-0.39, 0.29) is 17.5 Å². The lowest BCUT2D eigenvalue weighted by atomic mass is 9.96. The minimum Gasteiger partial charge on any atom is -0.397 e. The van der Waals surface area contributed by atoms with Crippen molar-refractivity contribution in [2.45, 2.75) is 29.9 Å². The van der Waals surface area contributed by atoms with Gasteiger partial charge in [-0.1, -0.05) is 0 Å². The lowest BCUT2D eigenvalue weighted by Crippen LogP contribution is -2.43. The number of anilines is 2. The molecule has 0 saturated carbocycles. The summed E-state index contributed by atoms with van der Waals surface area (Å²) >= 11 is 0. The zero-order valence-electron chi connectivity index (χ0n) is 12.1. The largest absolute Gasteiger partial charge is 0.397 e. The van der Waals surface area contributed by atoms with Gasteiger partial charge < -0.3 is 20.9 Å². The lowest BCUT2D eigenvalue weighted by molar-refractivity contribution is -0.0175. The summed E-state index contributed by atoms with van der Waals surface area (Å²) in [4.78, 5) is 0.115. The highest BCUT2D eigenvalue weighted by atomic mass is 32.2. The van der Waals surface area contributed by atoms with Crippen LogP contribution in [0.4, 0.5) is 11.4 Å². The maximum absolute atomic E-state index is 11.8. The second kappa shape index (κ2) is 5.80. The van der Waals surface area contributed by atoms with Gasteiger partial charge in [-0.3, -0.25) is 0 Å². The molecule has 1 saturated heterocycles. The summed E-state index contributed by atoms with van der Waals surface area (Å²) in [6.07, 6.45) is 0.241. The van der Waals surface area contributed by atoms with Crippen LogP contribution < -0.4 is 15.8 Å². The molecule has 0 aliphatic carbocycles. The first-order chi connectivity index (χ1) is 9.78. The van der Waals surface area contributed by atoms with E-state index in [0.717, 1.165) is 0 Å². The maximum atomic E-state index is 11.8. The average Bonchev–Trinajstić information content (AvgIpc) is 2.78. The van der Waals surface area contributed by atoms with Gasteiger partial charge in [0.25, 0.3) is 0 Å². The highest BCUT2D eigenvalue weighted by molar-refractivity contribution is 7.89. The van der Waals surface area contributed by atoms with Crippen LogP contribution in [-0.2, 0) is 14.8 Å². The summed E-state index contributed by atoms with van der Waals surface area (Å²) in [5.74, 6) is 0. The van der Waals surface area contributed by atoms with Crippen molar-refractivity contribution < 1.29 is 18.3 Å². The van der Waals surface area contributed by atoms with E-state index in [1.54, 1.807) is 6.92 Å². The molecule has 118 valence electrons. The first kappa shape index (κ1) is 16.0. The smallest absolute Gasteiger partial charge is 0.240 e. The van der Waals surface area contributed by atoms with E-state index >= 15 is 0 Å². The Hall–Kier alpha value is -1.35. The number of nitrogens with one attached hydrogen (secondary N) is 2. The molecule has 2 rings (SSSR count). The number of nitrogen functional groups attached to an aromatic ring is 1. The summed E-state index contributed by atoms with van der Waals surface area (Å²) < 4.78 is 31.2. The first-order valence-electron chi connectivity index (χ1n) is 6.69. The maximum Gasteiger partial charge on any atom is 0.240 e. The molecule has 0 bridgehead atoms. The SMILES string of the molecule is CNS(=O)(=O)c1ccc(N)c(NCC2(O)CCOC2C)c1. The van der Waals surface area contributed by atoms with E-state index in [4.69, 9.17) is 10.5 Å². The predicted molar refractivity (Wildman–Crippen MR) is 80.6 cm³/mol. The molecule has 2 atom stereocenters. The van der Waals surface area contributed by atoms with Crippen molar-refractivity contribution in [3.05, 3.63) is 18.2 Å². The third kappa shape index (κ3) is 3.29. The molecular weight excluding hydrogens is 294 g/mol. The normalized spacial score (nSPS) is 26.0. The van der Waals surface area contributed by atoms with Crippen LogP contribution in [0.1, 0.15) is 13.3 Å². The zero-order chi connectivity index (χ0) is 15.7. The van der Waals surface area contributed by atoms with Gasteiger partial charge in [-0.05, 0) is 32.2 Å². The van der Waals surface area contributed by atoms with Crippen molar-refractivity contribution in [1.29, 1.82) is 0 Å². The van der Waals surface area contributed by atoms with Gasteiger partial charge in [0, 0.05) is 19.6 Å². The molecule has 1 aliphatic rings. The Labute approximate surface area is 124 Å². The predicted octanol–water partition coefficient (Wildman–Crippen LogP) is 0.129. The summed E-state index contributed by atoms with van der Waals surface area (Å²) in [5, 5.41) is 13.4. The fraction of sp³-hybridized carbons (Fsp3) is 0.538. The van der Waals surface area contributed by atoms with E-state index in [9.17, 15) is 13.5 Å². The van der Waals surface area contributed by atoms with Crippen LogP contribution in [-0.4, -0.2) is 45.4 Å². The van der Waals surface area contributed by atoms with E-state index in [1.165, 1.54) is 25.2 Å². The standard InChI is InChI=1S/C13H21N3O4S/c1-9-13(17,5-6-20-9)8-16-12-7-10(3-4-11(12)14)21(18,19)15-2/h3-4,7,9,15-17H,5-6,8,14H2,1-2H3. The van der Waals surface area contributed by atoms with E-state index in [2.05, 4.69) is 10.0 Å². The molecule has 1 fully saturated rings. The molecule has 1 aromatic carbocycles. The topological polar surface area (TPSA) is 114 Å². The van der Waals surface area contributed by atoms with Crippen LogP contribution >= 0.6 is 0 Å². The number of rotatable bonds is 5. The van der Waals surface area contributed by atoms with Gasteiger partial charge in [0.1, 0.15) is 5.60 Å². The minimum absolute atomic E-state index is 0.115. The summed E-state index contributed by atoms with van der Waals surface area (Å²) in [5.41, 5.74) is 5.75. The highest BCUT2D eigenvalue weighted by Gasteiger charge is 2.39. The second-order valence-corrected chi connectivity index (χ2v) is 7.06. The second-order valence-electron chi connectivity index (χ2n) is 5.18. The average molecular weight is 315 g/mol. The Kier molecular flexibility index (Phi) is 4.43. The van der Waals surface area contributed by atoms with Crippen molar-refractivity contribution in [2.24, 2.45) is 0 Å². The molecule has 7 nitrogen and oxygen atoms in total. The van der Waals surface area contributed by atoms with Gasteiger partial charge in [-0.15, -0.1) is 0 Å². The van der Waals surface area contributed by atoms with Gasteiger partial charge >= 0.3 is 0 Å². The molecule has 5 N–H and O–H groups in total. The number of sulfonamides is 1. The number of ether oxygens (including phenoxy) is 1. The van der Waals surface area contributed by atoms with Crippen LogP contribution in [0.3, 0.4) is 0 Å². The van der Waals surface area contributed by atoms with Gasteiger partial charge in [0.05, 0.1) is 22.4 Å². The third-order valence-corrected chi connectivity index (χ3v) is 5.26. The molecule has 2 unspecified atom stereocenters. The number of hydrogen-bond donors (Lipinski definition) is 4. The van der Waals surface area contributed by atoms with Gasteiger partial charge in [-0.25, -0.2) is 13.1 Å². The number of aliphatic hydroxyl groups is 1. The zero-order valence-corrected chi connectivity index (χ0v) is 12.9. The summed E-state index contributed by atoms with van der Waals surface area (Å²) in [6.45, 7) is 2.55. The molecule has 8 heteroatoms. The third-order valence-electron chi connectivity index (χ3n) is 3.85. The number of hydrogen-bond acceptors (Lipinski definition) is 6. The van der Waals surface area contributed by atoms with Crippen molar-refractivity contribution in [3.63, 3.8) is 0 Å². The van der Waals surface area contributed by atoms with Gasteiger partial charge in [-0.2, -0.15) is 0 Å². The fourth-order valence-electron chi connectivity index (χ4n) is 2.22. The number of benzene rings is 1. The lowest BCUT2D eigenvalue weighted by Gasteiger charge is -2.27. The fourth-order valence-corrected chi connectivity index (χ4v) is 2.98. The Morgan fingerprint density at radius 2 is 2.24 bits per heavy atom. The van der Waals surface area contributed by atoms with Crippen molar-refractivity contribution in [1.82, 2.24) is 4.72 Å².